The van der Waals surface area contributed by atoms with Gasteiger partial charge in [-0.15, -0.1) is 0 Å². The molecule has 0 heterocycles. The molecule has 2 heteroatoms. The van der Waals surface area contributed by atoms with Crippen LogP contribution in [0.1, 0.15) is 55.6 Å². The molecule has 296 valence electrons. The lowest BCUT2D eigenvalue weighted by atomic mass is 10.0. The van der Waals surface area contributed by atoms with E-state index < -0.39 is 0 Å². The summed E-state index contributed by atoms with van der Waals surface area (Å²) in [6, 6.07) is 62.4. The molecule has 0 fully saturated rings. The van der Waals surface area contributed by atoms with Gasteiger partial charge in [0.25, 0.3) is 0 Å². The maximum atomic E-state index is 2.39. The van der Waals surface area contributed by atoms with Crippen LogP contribution in [-0.2, 0) is 0 Å². The lowest BCUT2D eigenvalue weighted by molar-refractivity contribution is 1.21. The van der Waals surface area contributed by atoms with Crippen molar-refractivity contribution in [2.45, 2.75) is 55.4 Å². The third kappa shape index (κ3) is 8.60. The van der Waals surface area contributed by atoms with E-state index >= 15 is 0 Å². The Morgan fingerprint density at radius 2 is 0.500 bits per heavy atom. The maximum absolute atomic E-state index is 2.39. The Labute approximate surface area is 357 Å². The number of rotatable bonds is 10. The number of benzene rings is 8. The summed E-state index contributed by atoms with van der Waals surface area (Å²) in [5.41, 5.74) is 24.3. The minimum Gasteiger partial charge on any atom is -0.310 e. The van der Waals surface area contributed by atoms with Crippen LogP contribution in [0.4, 0.5) is 34.1 Å². The molecule has 0 saturated carbocycles. The lowest BCUT2D eigenvalue weighted by Gasteiger charge is -2.29. The minimum absolute atomic E-state index is 1.15. The van der Waals surface area contributed by atoms with Crippen LogP contribution in [0.25, 0.3) is 34.4 Å². The SMILES string of the molecule is Cc1ccc(N(c2ccc(-c3ccc(C=Cc4ccc(-c5ccc(N(c6ccc(C)cc6C)c6ccc(C)cc6C)cc5)cc4)cc3)cc2)c2ccc(C)cc2C)c(C)c1. The second-order valence-electron chi connectivity index (χ2n) is 16.5. The van der Waals surface area contributed by atoms with Gasteiger partial charge in [-0.3, -0.25) is 0 Å². The number of nitrogens with zero attached hydrogens (tertiary/aromatic N) is 2. The van der Waals surface area contributed by atoms with Crippen LogP contribution in [0.2, 0.25) is 0 Å². The van der Waals surface area contributed by atoms with Crippen molar-refractivity contribution in [2.75, 3.05) is 9.80 Å². The molecular formula is C58H54N2. The Balaban J connectivity index is 0.967. The van der Waals surface area contributed by atoms with E-state index in [0.29, 0.717) is 0 Å². The molecule has 0 N–H and O–H groups in total. The van der Waals surface area contributed by atoms with Gasteiger partial charge >= 0.3 is 0 Å². The first-order valence-electron chi connectivity index (χ1n) is 21.0. The highest BCUT2D eigenvalue weighted by molar-refractivity contribution is 5.83. The molecule has 0 bridgehead atoms. The molecule has 2 nitrogen and oxygen atoms in total. The van der Waals surface area contributed by atoms with E-state index in [1.807, 2.05) is 0 Å². The van der Waals surface area contributed by atoms with E-state index in [2.05, 4.69) is 247 Å². The van der Waals surface area contributed by atoms with Gasteiger partial charge in [-0.05, 0) is 160 Å². The number of hydrogen-bond donors (Lipinski definition) is 0. The van der Waals surface area contributed by atoms with Crippen LogP contribution in [0.5, 0.6) is 0 Å². The van der Waals surface area contributed by atoms with Gasteiger partial charge in [0.2, 0.25) is 0 Å². The Morgan fingerprint density at radius 3 is 0.733 bits per heavy atom. The Bertz CT molecular complexity index is 2510. The van der Waals surface area contributed by atoms with Crippen LogP contribution in [-0.4, -0.2) is 0 Å². The first-order valence-corrected chi connectivity index (χ1v) is 21.0. The van der Waals surface area contributed by atoms with Crippen molar-refractivity contribution in [1.82, 2.24) is 0 Å². The molecule has 0 saturated heterocycles. The predicted molar refractivity (Wildman–Crippen MR) is 260 cm³/mol. The largest absolute Gasteiger partial charge is 0.310 e. The minimum atomic E-state index is 1.15. The van der Waals surface area contributed by atoms with Crippen LogP contribution in [0.15, 0.2) is 170 Å². The number of anilines is 6. The molecule has 0 aliphatic carbocycles. The molecule has 0 radical (unpaired) electrons. The Morgan fingerprint density at radius 1 is 0.267 bits per heavy atom. The number of hydrogen-bond acceptors (Lipinski definition) is 2. The smallest absolute Gasteiger partial charge is 0.0491 e. The Hall–Kier alpha value is -6.90. The average molecular weight is 779 g/mol. The topological polar surface area (TPSA) is 6.48 Å². The van der Waals surface area contributed by atoms with Crippen molar-refractivity contribution in [3.05, 3.63) is 225 Å². The van der Waals surface area contributed by atoms with Gasteiger partial charge in [-0.25, -0.2) is 0 Å². The van der Waals surface area contributed by atoms with Crippen molar-refractivity contribution in [2.24, 2.45) is 0 Å². The molecule has 60 heavy (non-hydrogen) atoms. The highest BCUT2D eigenvalue weighted by Gasteiger charge is 2.19. The van der Waals surface area contributed by atoms with Gasteiger partial charge in [-0.2, -0.15) is 0 Å². The standard InChI is InChI=1S/C58H54N2/c1-39-9-31-55(43(5)35-39)59(56-32-10-40(2)36-44(56)6)53-27-23-51(24-28-53)49-19-15-47(16-20-49)13-14-48-17-21-50(22-18-48)52-25-29-54(30-26-52)60(57-33-11-41(3)37-45(57)7)58-34-12-42(4)38-46(58)8/h9-38H,1-8H3. The molecule has 0 spiro atoms. The molecule has 0 unspecified atom stereocenters. The van der Waals surface area contributed by atoms with E-state index in [1.165, 1.54) is 101 Å². The van der Waals surface area contributed by atoms with E-state index in [1.54, 1.807) is 0 Å². The van der Waals surface area contributed by atoms with E-state index in [0.717, 1.165) is 11.4 Å². The zero-order valence-electron chi connectivity index (χ0n) is 36.2. The maximum Gasteiger partial charge on any atom is 0.0491 e. The highest BCUT2D eigenvalue weighted by atomic mass is 15.2. The van der Waals surface area contributed by atoms with Crippen molar-refractivity contribution in [1.29, 1.82) is 0 Å². The fourth-order valence-corrected chi connectivity index (χ4v) is 8.41. The van der Waals surface area contributed by atoms with Crippen LogP contribution < -0.4 is 9.80 Å². The monoisotopic (exact) mass is 778 g/mol. The van der Waals surface area contributed by atoms with Crippen molar-refractivity contribution in [3.63, 3.8) is 0 Å². The lowest BCUT2D eigenvalue weighted by Crippen LogP contribution is -2.12. The second kappa shape index (κ2) is 17.1. The van der Waals surface area contributed by atoms with Gasteiger partial charge in [0.15, 0.2) is 0 Å². The molecule has 0 amide bonds. The second-order valence-corrected chi connectivity index (χ2v) is 16.5. The summed E-state index contributed by atoms with van der Waals surface area (Å²) in [6.07, 6.45) is 4.38. The van der Waals surface area contributed by atoms with Crippen LogP contribution in [0, 0.1) is 55.4 Å². The summed E-state index contributed by atoms with van der Waals surface area (Å²) in [5.74, 6) is 0. The van der Waals surface area contributed by atoms with Crippen LogP contribution >= 0.6 is 0 Å². The molecular weight excluding hydrogens is 725 g/mol. The van der Waals surface area contributed by atoms with Gasteiger partial charge in [0.05, 0.1) is 0 Å². The summed E-state index contributed by atoms with van der Waals surface area (Å²) in [4.78, 5) is 4.78. The van der Waals surface area contributed by atoms with Gasteiger partial charge < -0.3 is 9.80 Å². The number of aryl methyl sites for hydroxylation is 8. The summed E-state index contributed by atoms with van der Waals surface area (Å²) in [6.45, 7) is 17.4. The molecule has 0 aliphatic heterocycles. The third-order valence-corrected chi connectivity index (χ3v) is 11.6. The van der Waals surface area contributed by atoms with Gasteiger partial charge in [0, 0.05) is 34.1 Å². The molecule has 8 rings (SSSR count). The zero-order chi connectivity index (χ0) is 41.9. The Kier molecular flexibility index (Phi) is 11.4. The van der Waals surface area contributed by atoms with E-state index in [4.69, 9.17) is 0 Å². The van der Waals surface area contributed by atoms with E-state index in [-0.39, 0.29) is 0 Å². The molecule has 0 aromatic heterocycles. The van der Waals surface area contributed by atoms with Crippen LogP contribution in [0.3, 0.4) is 0 Å². The summed E-state index contributed by atoms with van der Waals surface area (Å²) in [5, 5.41) is 0. The summed E-state index contributed by atoms with van der Waals surface area (Å²) in [7, 11) is 0. The summed E-state index contributed by atoms with van der Waals surface area (Å²) >= 11 is 0. The summed E-state index contributed by atoms with van der Waals surface area (Å²) < 4.78 is 0. The third-order valence-electron chi connectivity index (χ3n) is 11.6. The first-order chi connectivity index (χ1) is 29.0. The fourth-order valence-electron chi connectivity index (χ4n) is 8.41. The van der Waals surface area contributed by atoms with E-state index in [9.17, 15) is 0 Å². The van der Waals surface area contributed by atoms with Crippen molar-refractivity contribution < 1.29 is 0 Å². The normalized spacial score (nSPS) is 11.3. The molecule has 0 aliphatic rings. The quantitative estimate of drug-likeness (QED) is 0.128. The van der Waals surface area contributed by atoms with Gasteiger partial charge in [-0.1, -0.05) is 156 Å². The molecule has 8 aromatic rings. The van der Waals surface area contributed by atoms with Crippen molar-refractivity contribution >= 4 is 46.3 Å². The first kappa shape index (κ1) is 39.9. The molecule has 0 atom stereocenters. The highest BCUT2D eigenvalue weighted by Crippen LogP contribution is 2.41. The fraction of sp³-hybridized carbons (Fsp3) is 0.138. The van der Waals surface area contributed by atoms with Crippen molar-refractivity contribution in [3.8, 4) is 22.3 Å². The average Bonchev–Trinajstić information content (AvgIpc) is 3.24. The predicted octanol–water partition coefficient (Wildman–Crippen LogP) is 16.6. The zero-order valence-corrected chi connectivity index (χ0v) is 36.2. The molecule has 8 aromatic carbocycles. The van der Waals surface area contributed by atoms with Gasteiger partial charge in [0.1, 0.15) is 0 Å².